The third kappa shape index (κ3) is 13.7. The molecule has 2 aliphatic rings. The van der Waals surface area contributed by atoms with E-state index in [4.69, 9.17) is 9.47 Å². The van der Waals surface area contributed by atoms with Gasteiger partial charge in [0, 0.05) is 39.0 Å². The molecule has 0 aliphatic carbocycles. The highest BCUT2D eigenvalue weighted by molar-refractivity contribution is 5.78. The Balaban J connectivity index is 1.49. The minimum absolute atomic E-state index is 0.108. The van der Waals surface area contributed by atoms with Crippen LogP contribution in [0.5, 0.6) is 0 Å². The molecule has 1 atom stereocenters. The number of nitrogens with zero attached hydrogens (tertiary/aromatic N) is 2. The number of morpholine rings is 1. The number of rotatable bonds is 20. The van der Waals surface area contributed by atoms with Gasteiger partial charge < -0.3 is 14.4 Å². The number of ether oxygens (including phenoxy) is 2. The van der Waals surface area contributed by atoms with Gasteiger partial charge in [-0.15, -0.1) is 0 Å². The topological polar surface area (TPSA) is 59.1 Å². The minimum Gasteiger partial charge on any atom is -0.459 e. The van der Waals surface area contributed by atoms with Gasteiger partial charge in [0.2, 0.25) is 5.91 Å². The summed E-state index contributed by atoms with van der Waals surface area (Å²) in [6.07, 6.45) is 20.1. The first-order valence-electron chi connectivity index (χ1n) is 14.5. The van der Waals surface area contributed by atoms with Crippen LogP contribution in [0, 0.1) is 0 Å². The van der Waals surface area contributed by atoms with Crippen LogP contribution in [0.25, 0.3) is 0 Å². The molecule has 0 spiro atoms. The Labute approximate surface area is 209 Å². The number of hydrogen-bond acceptors (Lipinski definition) is 5. The summed E-state index contributed by atoms with van der Waals surface area (Å²) in [4.78, 5) is 28.7. The van der Waals surface area contributed by atoms with Crippen molar-refractivity contribution in [2.24, 2.45) is 0 Å². The first-order valence-corrected chi connectivity index (χ1v) is 14.5. The number of carbonyl (C=O) groups excluding carboxylic acids is 2. The standard InChI is InChI=1S/C28H52N2O4/c1-2-3-4-5-6-7-8-9-10-11-12-13-14-15-18-28(32)34-26(24-29-20-22-33-23-21-29)25-30-19-16-17-27(30)31/h26H,2-25H2,1H3. The third-order valence-electron chi connectivity index (χ3n) is 7.19. The molecule has 6 nitrogen and oxygen atoms in total. The highest BCUT2D eigenvalue weighted by Crippen LogP contribution is 2.15. The van der Waals surface area contributed by atoms with Crippen molar-refractivity contribution >= 4 is 11.9 Å². The molecule has 2 fully saturated rings. The van der Waals surface area contributed by atoms with Crippen molar-refractivity contribution in [3.05, 3.63) is 0 Å². The van der Waals surface area contributed by atoms with E-state index >= 15 is 0 Å². The summed E-state index contributed by atoms with van der Waals surface area (Å²) in [6.45, 7) is 7.45. The Morgan fingerprint density at radius 3 is 1.91 bits per heavy atom. The Morgan fingerprint density at radius 2 is 1.38 bits per heavy atom. The lowest BCUT2D eigenvalue weighted by molar-refractivity contribution is -0.153. The molecule has 0 radical (unpaired) electrons. The molecule has 2 heterocycles. The van der Waals surface area contributed by atoms with Crippen LogP contribution in [0.3, 0.4) is 0 Å². The van der Waals surface area contributed by atoms with Gasteiger partial charge in [-0.1, -0.05) is 90.4 Å². The van der Waals surface area contributed by atoms with Crippen LogP contribution in [-0.4, -0.2) is 73.7 Å². The molecule has 6 heteroatoms. The molecule has 0 aromatic rings. The summed E-state index contributed by atoms with van der Waals surface area (Å²) in [5.74, 6) is 0.0823. The lowest BCUT2D eigenvalue weighted by Crippen LogP contribution is -2.46. The maximum absolute atomic E-state index is 12.5. The Kier molecular flexibility index (Phi) is 16.3. The van der Waals surface area contributed by atoms with Crippen LogP contribution in [0.1, 0.15) is 116 Å². The molecular formula is C28H52N2O4. The molecule has 34 heavy (non-hydrogen) atoms. The number of esters is 1. The van der Waals surface area contributed by atoms with Crippen LogP contribution in [0.2, 0.25) is 0 Å². The van der Waals surface area contributed by atoms with Gasteiger partial charge >= 0.3 is 5.97 Å². The average molecular weight is 481 g/mol. The van der Waals surface area contributed by atoms with Crippen LogP contribution in [0.15, 0.2) is 0 Å². The highest BCUT2D eigenvalue weighted by Gasteiger charge is 2.27. The summed E-state index contributed by atoms with van der Waals surface area (Å²) in [7, 11) is 0. The molecule has 2 saturated heterocycles. The summed E-state index contributed by atoms with van der Waals surface area (Å²) in [5, 5.41) is 0. The summed E-state index contributed by atoms with van der Waals surface area (Å²) in [5.41, 5.74) is 0. The van der Waals surface area contributed by atoms with E-state index in [2.05, 4.69) is 11.8 Å². The van der Waals surface area contributed by atoms with Crippen LogP contribution in [0.4, 0.5) is 0 Å². The molecule has 0 saturated carbocycles. The molecule has 0 bridgehead atoms. The van der Waals surface area contributed by atoms with E-state index in [0.717, 1.165) is 52.1 Å². The number of carbonyl (C=O) groups is 2. The second-order valence-electron chi connectivity index (χ2n) is 10.3. The zero-order valence-electron chi connectivity index (χ0n) is 22.1. The van der Waals surface area contributed by atoms with Gasteiger partial charge in [0.1, 0.15) is 6.10 Å². The molecule has 198 valence electrons. The molecule has 0 aromatic carbocycles. The smallest absolute Gasteiger partial charge is 0.306 e. The van der Waals surface area contributed by atoms with Crippen molar-refractivity contribution in [3.8, 4) is 0 Å². The van der Waals surface area contributed by atoms with Crippen molar-refractivity contribution < 1.29 is 19.1 Å². The lowest BCUT2D eigenvalue weighted by Gasteiger charge is -2.32. The Bertz CT molecular complexity index is 536. The predicted octanol–water partition coefficient (Wildman–Crippen LogP) is 5.72. The minimum atomic E-state index is -0.237. The van der Waals surface area contributed by atoms with E-state index in [1.807, 2.05) is 4.90 Å². The molecule has 2 aliphatic heterocycles. The number of unbranched alkanes of at least 4 members (excludes halogenated alkanes) is 13. The highest BCUT2D eigenvalue weighted by atomic mass is 16.5. The zero-order valence-corrected chi connectivity index (χ0v) is 22.1. The molecule has 0 N–H and O–H groups in total. The first-order chi connectivity index (χ1) is 16.7. The number of hydrogen-bond donors (Lipinski definition) is 0. The molecule has 0 aromatic heterocycles. The van der Waals surface area contributed by atoms with Gasteiger partial charge in [0.25, 0.3) is 0 Å². The summed E-state index contributed by atoms with van der Waals surface area (Å²) < 4.78 is 11.3. The van der Waals surface area contributed by atoms with E-state index in [1.54, 1.807) is 0 Å². The quantitative estimate of drug-likeness (QED) is 0.165. The van der Waals surface area contributed by atoms with E-state index in [-0.39, 0.29) is 18.0 Å². The van der Waals surface area contributed by atoms with Gasteiger partial charge in [-0.3, -0.25) is 14.5 Å². The van der Waals surface area contributed by atoms with Crippen LogP contribution >= 0.6 is 0 Å². The van der Waals surface area contributed by atoms with Crippen molar-refractivity contribution in [1.29, 1.82) is 0 Å². The van der Waals surface area contributed by atoms with Gasteiger partial charge in [-0.2, -0.15) is 0 Å². The van der Waals surface area contributed by atoms with Crippen molar-refractivity contribution in [2.75, 3.05) is 45.9 Å². The maximum atomic E-state index is 12.5. The fraction of sp³-hybridized carbons (Fsp3) is 0.929. The zero-order chi connectivity index (χ0) is 24.3. The van der Waals surface area contributed by atoms with Gasteiger partial charge in [0.15, 0.2) is 0 Å². The number of likely N-dealkylation sites (tertiary alicyclic amines) is 1. The summed E-state index contributed by atoms with van der Waals surface area (Å²) in [6, 6.07) is 0. The van der Waals surface area contributed by atoms with E-state index in [9.17, 15) is 9.59 Å². The third-order valence-corrected chi connectivity index (χ3v) is 7.19. The second kappa shape index (κ2) is 19.1. The van der Waals surface area contributed by atoms with Crippen LogP contribution in [-0.2, 0) is 19.1 Å². The molecule has 1 amide bonds. The van der Waals surface area contributed by atoms with E-state index in [0.29, 0.717) is 25.9 Å². The molecule has 2 rings (SSSR count). The first kappa shape index (κ1) is 29.1. The van der Waals surface area contributed by atoms with Gasteiger partial charge in [-0.25, -0.2) is 0 Å². The maximum Gasteiger partial charge on any atom is 0.306 e. The van der Waals surface area contributed by atoms with E-state index < -0.39 is 0 Å². The normalized spacial score (nSPS) is 17.9. The van der Waals surface area contributed by atoms with Crippen LogP contribution < -0.4 is 0 Å². The van der Waals surface area contributed by atoms with Gasteiger partial charge in [-0.05, 0) is 12.8 Å². The van der Waals surface area contributed by atoms with Crippen molar-refractivity contribution in [2.45, 2.75) is 122 Å². The van der Waals surface area contributed by atoms with Crippen molar-refractivity contribution in [1.82, 2.24) is 9.80 Å². The lowest BCUT2D eigenvalue weighted by atomic mass is 10.0. The molecular weight excluding hydrogens is 428 g/mol. The predicted molar refractivity (Wildman–Crippen MR) is 138 cm³/mol. The second-order valence-corrected chi connectivity index (χ2v) is 10.3. The Morgan fingerprint density at radius 1 is 0.824 bits per heavy atom. The number of amides is 1. The average Bonchev–Trinajstić information content (AvgIpc) is 3.24. The van der Waals surface area contributed by atoms with Crippen molar-refractivity contribution in [3.63, 3.8) is 0 Å². The monoisotopic (exact) mass is 480 g/mol. The van der Waals surface area contributed by atoms with E-state index in [1.165, 1.54) is 77.0 Å². The molecule has 1 unspecified atom stereocenters. The largest absolute Gasteiger partial charge is 0.459 e. The van der Waals surface area contributed by atoms with Gasteiger partial charge in [0.05, 0.1) is 19.8 Å². The summed E-state index contributed by atoms with van der Waals surface area (Å²) >= 11 is 0. The Hall–Kier alpha value is -1.14. The fourth-order valence-corrected chi connectivity index (χ4v) is 5.06. The fourth-order valence-electron chi connectivity index (χ4n) is 5.06. The SMILES string of the molecule is CCCCCCCCCCCCCCCCC(=O)OC(CN1CCOCC1)CN1CCCC1=O.